The lowest BCUT2D eigenvalue weighted by Crippen LogP contribution is -2.36. The Morgan fingerprint density at radius 2 is 2.00 bits per heavy atom. The maximum Gasteiger partial charge on any atom is 0.142 e. The van der Waals surface area contributed by atoms with Crippen molar-refractivity contribution >= 4 is 17.3 Å². The van der Waals surface area contributed by atoms with E-state index in [1.165, 1.54) is 5.69 Å². The molecule has 0 amide bonds. The number of morpholine rings is 1. The minimum Gasteiger partial charge on any atom is -0.495 e. The monoisotopic (exact) mass is 369 g/mol. The molecule has 0 bridgehead atoms. The molecular formula is C20H27N5O2. The lowest BCUT2D eigenvalue weighted by molar-refractivity contribution is 0.122. The quantitative estimate of drug-likeness (QED) is 0.838. The third-order valence-electron chi connectivity index (χ3n) is 5.27. The number of rotatable bonds is 6. The zero-order valence-electron chi connectivity index (χ0n) is 15.8. The van der Waals surface area contributed by atoms with Gasteiger partial charge in [0.25, 0.3) is 0 Å². The molecule has 1 aromatic heterocycles. The smallest absolute Gasteiger partial charge is 0.142 e. The van der Waals surface area contributed by atoms with Crippen molar-refractivity contribution in [2.24, 2.45) is 5.92 Å². The number of hydrogen-bond donors (Lipinski definition) is 1. The van der Waals surface area contributed by atoms with Crippen molar-refractivity contribution in [2.45, 2.75) is 6.42 Å². The van der Waals surface area contributed by atoms with Gasteiger partial charge in [0.15, 0.2) is 0 Å². The Bertz CT molecular complexity index is 751. The second-order valence-corrected chi connectivity index (χ2v) is 7.01. The number of methoxy groups -OCH3 is 1. The first-order chi connectivity index (χ1) is 13.3. The van der Waals surface area contributed by atoms with Crippen LogP contribution in [0.4, 0.5) is 17.3 Å². The summed E-state index contributed by atoms with van der Waals surface area (Å²) >= 11 is 0. The van der Waals surface area contributed by atoms with Crippen molar-refractivity contribution in [3.63, 3.8) is 0 Å². The van der Waals surface area contributed by atoms with Gasteiger partial charge in [-0.1, -0.05) is 12.1 Å². The van der Waals surface area contributed by atoms with Gasteiger partial charge in [-0.25, -0.2) is 9.97 Å². The van der Waals surface area contributed by atoms with Crippen LogP contribution in [0.15, 0.2) is 36.7 Å². The summed E-state index contributed by atoms with van der Waals surface area (Å²) in [6.45, 7) is 6.26. The highest BCUT2D eigenvalue weighted by atomic mass is 16.5. The van der Waals surface area contributed by atoms with Crippen LogP contribution in [0.1, 0.15) is 6.42 Å². The molecule has 2 aromatic rings. The Morgan fingerprint density at radius 3 is 2.85 bits per heavy atom. The largest absolute Gasteiger partial charge is 0.495 e. The van der Waals surface area contributed by atoms with E-state index in [2.05, 4.69) is 37.2 Å². The van der Waals surface area contributed by atoms with E-state index in [1.807, 2.05) is 18.2 Å². The number of benzene rings is 1. The highest BCUT2D eigenvalue weighted by Gasteiger charge is 2.24. The molecule has 2 fully saturated rings. The predicted octanol–water partition coefficient (Wildman–Crippen LogP) is 2.26. The average Bonchev–Trinajstić information content (AvgIpc) is 3.22. The van der Waals surface area contributed by atoms with Crippen LogP contribution in [0.2, 0.25) is 0 Å². The zero-order valence-corrected chi connectivity index (χ0v) is 15.8. The van der Waals surface area contributed by atoms with Gasteiger partial charge in [0.1, 0.15) is 23.7 Å². The summed E-state index contributed by atoms with van der Waals surface area (Å²) in [5.41, 5.74) is 1.18. The maximum absolute atomic E-state index is 5.51. The first-order valence-electron chi connectivity index (χ1n) is 9.60. The van der Waals surface area contributed by atoms with Gasteiger partial charge < -0.3 is 24.6 Å². The summed E-state index contributed by atoms with van der Waals surface area (Å²) in [4.78, 5) is 13.4. The van der Waals surface area contributed by atoms with E-state index in [0.717, 1.165) is 69.7 Å². The number of hydrogen-bond acceptors (Lipinski definition) is 7. The van der Waals surface area contributed by atoms with E-state index in [0.29, 0.717) is 5.92 Å². The van der Waals surface area contributed by atoms with Gasteiger partial charge in [0.2, 0.25) is 0 Å². The molecule has 7 heteroatoms. The van der Waals surface area contributed by atoms with E-state index >= 15 is 0 Å². The highest BCUT2D eigenvalue weighted by molar-refractivity contribution is 5.59. The number of nitrogens with zero attached hydrogens (tertiary/aromatic N) is 4. The molecule has 1 N–H and O–H groups in total. The van der Waals surface area contributed by atoms with Crippen molar-refractivity contribution in [1.82, 2.24) is 9.97 Å². The molecule has 2 aliphatic heterocycles. The molecule has 7 nitrogen and oxygen atoms in total. The van der Waals surface area contributed by atoms with Crippen molar-refractivity contribution < 1.29 is 9.47 Å². The van der Waals surface area contributed by atoms with Gasteiger partial charge in [0.05, 0.1) is 26.0 Å². The van der Waals surface area contributed by atoms with Gasteiger partial charge in [-0.2, -0.15) is 0 Å². The number of aromatic nitrogens is 2. The van der Waals surface area contributed by atoms with Gasteiger partial charge in [-0.15, -0.1) is 0 Å². The molecule has 0 radical (unpaired) electrons. The predicted molar refractivity (Wildman–Crippen MR) is 107 cm³/mol. The van der Waals surface area contributed by atoms with Crippen molar-refractivity contribution in [3.05, 3.63) is 36.7 Å². The summed E-state index contributed by atoms with van der Waals surface area (Å²) in [5, 5.41) is 3.50. The Morgan fingerprint density at radius 1 is 1.15 bits per heavy atom. The molecule has 1 unspecified atom stereocenters. The summed E-state index contributed by atoms with van der Waals surface area (Å²) in [5.74, 6) is 3.38. The van der Waals surface area contributed by atoms with Gasteiger partial charge >= 0.3 is 0 Å². The molecule has 4 rings (SSSR count). The molecule has 27 heavy (non-hydrogen) atoms. The number of anilines is 3. The molecule has 3 heterocycles. The molecule has 1 atom stereocenters. The molecule has 2 saturated heterocycles. The summed E-state index contributed by atoms with van der Waals surface area (Å²) < 4.78 is 10.9. The number of nitrogens with one attached hydrogen (secondary N) is 1. The van der Waals surface area contributed by atoms with Gasteiger partial charge in [0, 0.05) is 38.8 Å². The van der Waals surface area contributed by atoms with Crippen LogP contribution in [0.25, 0.3) is 0 Å². The Kier molecular flexibility index (Phi) is 5.58. The van der Waals surface area contributed by atoms with Crippen LogP contribution in [-0.4, -0.2) is 63.0 Å². The summed E-state index contributed by atoms with van der Waals surface area (Å²) in [6, 6.07) is 10.3. The summed E-state index contributed by atoms with van der Waals surface area (Å²) in [7, 11) is 1.73. The molecule has 0 spiro atoms. The number of para-hydroxylation sites is 2. The highest BCUT2D eigenvalue weighted by Crippen LogP contribution is 2.32. The molecular weight excluding hydrogens is 342 g/mol. The number of ether oxygens (including phenoxy) is 2. The minimum absolute atomic E-state index is 0.580. The fraction of sp³-hybridized carbons (Fsp3) is 0.500. The van der Waals surface area contributed by atoms with Crippen LogP contribution in [0.5, 0.6) is 5.75 Å². The maximum atomic E-state index is 5.51. The SMILES string of the molecule is COc1ccccc1N1CCC(CNc2cc(N3CCOCC3)ncn2)C1. The summed E-state index contributed by atoms with van der Waals surface area (Å²) in [6.07, 6.45) is 2.80. The standard InChI is InChI=1S/C20H27N5O2/c1-26-18-5-3-2-4-17(18)25-7-6-16(14-25)13-21-19-12-20(23-15-22-19)24-8-10-27-11-9-24/h2-5,12,15-16H,6-11,13-14H2,1H3,(H,21,22,23). The Balaban J connectivity index is 1.33. The normalized spacial score (nSPS) is 20.0. The Labute approximate surface area is 160 Å². The first-order valence-corrected chi connectivity index (χ1v) is 9.60. The second kappa shape index (κ2) is 8.43. The second-order valence-electron chi connectivity index (χ2n) is 7.01. The third kappa shape index (κ3) is 4.24. The van der Waals surface area contributed by atoms with Crippen molar-refractivity contribution in [2.75, 3.05) is 68.2 Å². The first kappa shape index (κ1) is 17.9. The Hall–Kier alpha value is -2.54. The minimum atomic E-state index is 0.580. The molecule has 0 saturated carbocycles. The van der Waals surface area contributed by atoms with E-state index in [1.54, 1.807) is 13.4 Å². The van der Waals surface area contributed by atoms with Crippen LogP contribution < -0.4 is 19.9 Å². The topological polar surface area (TPSA) is 62.8 Å². The van der Waals surface area contributed by atoms with Crippen LogP contribution in [0.3, 0.4) is 0 Å². The molecule has 2 aliphatic rings. The van der Waals surface area contributed by atoms with Gasteiger partial charge in [-0.05, 0) is 24.5 Å². The van der Waals surface area contributed by atoms with Crippen LogP contribution in [0, 0.1) is 5.92 Å². The van der Waals surface area contributed by atoms with E-state index < -0.39 is 0 Å². The zero-order chi connectivity index (χ0) is 18.5. The molecule has 144 valence electrons. The van der Waals surface area contributed by atoms with Gasteiger partial charge in [-0.3, -0.25) is 0 Å². The van der Waals surface area contributed by atoms with E-state index in [-0.39, 0.29) is 0 Å². The van der Waals surface area contributed by atoms with Crippen LogP contribution >= 0.6 is 0 Å². The van der Waals surface area contributed by atoms with Crippen molar-refractivity contribution in [3.8, 4) is 5.75 Å². The van der Waals surface area contributed by atoms with E-state index in [9.17, 15) is 0 Å². The lowest BCUT2D eigenvalue weighted by Gasteiger charge is -2.27. The average molecular weight is 369 g/mol. The van der Waals surface area contributed by atoms with Crippen molar-refractivity contribution in [1.29, 1.82) is 0 Å². The fourth-order valence-corrected chi connectivity index (χ4v) is 3.77. The van der Waals surface area contributed by atoms with E-state index in [4.69, 9.17) is 9.47 Å². The lowest BCUT2D eigenvalue weighted by atomic mass is 10.1. The molecule has 1 aromatic carbocycles. The third-order valence-corrected chi connectivity index (χ3v) is 5.27. The fourth-order valence-electron chi connectivity index (χ4n) is 3.77. The van der Waals surface area contributed by atoms with Crippen LogP contribution in [-0.2, 0) is 4.74 Å². The molecule has 0 aliphatic carbocycles.